The van der Waals surface area contributed by atoms with Gasteiger partial charge in [0.2, 0.25) is 14.2 Å². The summed E-state index contributed by atoms with van der Waals surface area (Å²) in [7, 11) is -3.38. The summed E-state index contributed by atoms with van der Waals surface area (Å²) in [5.74, 6) is -0.446. The van der Waals surface area contributed by atoms with Crippen LogP contribution in [0.2, 0.25) is 0 Å². The molecule has 0 radical (unpaired) electrons. The van der Waals surface area contributed by atoms with Crippen LogP contribution in [-0.2, 0) is 9.84 Å². The first kappa shape index (κ1) is 11.2. The van der Waals surface area contributed by atoms with Crippen LogP contribution < -0.4 is 0 Å². The normalized spacial score (nSPS) is 11.6. The monoisotopic (exact) mass is 258 g/mol. The average Bonchev–Trinajstić information content (AvgIpc) is 2.66. The Morgan fingerprint density at radius 3 is 2.50 bits per heavy atom. The number of hydrogen-bond acceptors (Lipinski definition) is 5. The second kappa shape index (κ2) is 3.91. The van der Waals surface area contributed by atoms with Crippen LogP contribution in [0.3, 0.4) is 0 Å². The first-order valence-electron chi connectivity index (χ1n) is 4.27. The van der Waals surface area contributed by atoms with Gasteiger partial charge in [0, 0.05) is 11.8 Å². The molecule has 0 atom stereocenters. The number of aromatic nitrogens is 2. The van der Waals surface area contributed by atoms with E-state index in [0.717, 1.165) is 17.6 Å². The summed E-state index contributed by atoms with van der Waals surface area (Å²) in [6.45, 7) is 0. The fraction of sp³-hybridized carbons (Fsp3) is 0.111. The SMILES string of the molecule is CS(=O)(=O)c1nnc(-c2ccccc2F)s1. The van der Waals surface area contributed by atoms with Gasteiger partial charge in [-0.15, -0.1) is 10.2 Å². The van der Waals surface area contributed by atoms with Gasteiger partial charge in [-0.2, -0.15) is 0 Å². The molecular formula is C9H7FN2O2S2. The number of rotatable bonds is 2. The minimum atomic E-state index is -3.38. The van der Waals surface area contributed by atoms with Crippen LogP contribution in [0, 0.1) is 5.82 Å². The smallest absolute Gasteiger partial charge is 0.221 e. The second-order valence-corrected chi connectivity index (χ2v) is 6.29. The highest BCUT2D eigenvalue weighted by Crippen LogP contribution is 2.27. The average molecular weight is 258 g/mol. The van der Waals surface area contributed by atoms with E-state index >= 15 is 0 Å². The molecule has 0 aliphatic rings. The van der Waals surface area contributed by atoms with Gasteiger partial charge in [-0.3, -0.25) is 0 Å². The molecule has 0 spiro atoms. The molecule has 1 aromatic heterocycles. The second-order valence-electron chi connectivity index (χ2n) is 3.13. The Hall–Kier alpha value is -1.34. The minimum absolute atomic E-state index is 0.106. The Labute approximate surface area is 95.7 Å². The number of nitrogens with zero attached hydrogens (tertiary/aromatic N) is 2. The van der Waals surface area contributed by atoms with Gasteiger partial charge in [-0.25, -0.2) is 12.8 Å². The fourth-order valence-corrected chi connectivity index (χ4v) is 2.74. The largest absolute Gasteiger partial charge is 0.232 e. The molecule has 2 aromatic rings. The molecule has 0 aliphatic carbocycles. The highest BCUT2D eigenvalue weighted by molar-refractivity contribution is 7.92. The molecule has 84 valence electrons. The van der Waals surface area contributed by atoms with E-state index in [9.17, 15) is 12.8 Å². The quantitative estimate of drug-likeness (QED) is 0.823. The van der Waals surface area contributed by atoms with Crippen LogP contribution in [0.15, 0.2) is 28.6 Å². The molecule has 16 heavy (non-hydrogen) atoms. The van der Waals surface area contributed by atoms with Crippen LogP contribution >= 0.6 is 11.3 Å². The molecule has 0 amide bonds. The van der Waals surface area contributed by atoms with Crippen molar-refractivity contribution in [3.8, 4) is 10.6 Å². The van der Waals surface area contributed by atoms with Crippen molar-refractivity contribution in [1.29, 1.82) is 0 Å². The summed E-state index contributed by atoms with van der Waals surface area (Å²) >= 11 is 0.857. The third-order valence-corrected chi connectivity index (χ3v) is 4.45. The minimum Gasteiger partial charge on any atom is -0.221 e. The fourth-order valence-electron chi connectivity index (χ4n) is 1.10. The van der Waals surface area contributed by atoms with Crippen LogP contribution in [0.1, 0.15) is 0 Å². The molecule has 1 aromatic carbocycles. The van der Waals surface area contributed by atoms with Crippen molar-refractivity contribution in [3.05, 3.63) is 30.1 Å². The molecule has 7 heteroatoms. The first-order valence-corrected chi connectivity index (χ1v) is 6.98. The molecule has 0 fully saturated rings. The summed E-state index contributed by atoms with van der Waals surface area (Å²) in [6, 6.07) is 6.02. The van der Waals surface area contributed by atoms with E-state index in [4.69, 9.17) is 0 Å². The van der Waals surface area contributed by atoms with Crippen molar-refractivity contribution in [1.82, 2.24) is 10.2 Å². The number of halogens is 1. The molecule has 0 bridgehead atoms. The topological polar surface area (TPSA) is 59.9 Å². The number of benzene rings is 1. The van der Waals surface area contributed by atoms with Crippen molar-refractivity contribution in [2.45, 2.75) is 4.34 Å². The summed E-state index contributed by atoms with van der Waals surface area (Å²) in [5, 5.41) is 7.44. The molecule has 4 nitrogen and oxygen atoms in total. The summed E-state index contributed by atoms with van der Waals surface area (Å²) < 4.78 is 35.6. The Morgan fingerprint density at radius 2 is 1.94 bits per heavy atom. The molecule has 2 rings (SSSR count). The molecule has 0 saturated carbocycles. The summed E-state index contributed by atoms with van der Waals surface area (Å²) in [4.78, 5) is 0. The van der Waals surface area contributed by atoms with E-state index in [0.29, 0.717) is 0 Å². The van der Waals surface area contributed by atoms with Crippen LogP contribution in [0.25, 0.3) is 10.6 Å². The van der Waals surface area contributed by atoms with Crippen LogP contribution in [-0.4, -0.2) is 24.9 Å². The highest BCUT2D eigenvalue weighted by Gasteiger charge is 2.16. The van der Waals surface area contributed by atoms with Gasteiger partial charge in [-0.05, 0) is 12.1 Å². The number of sulfone groups is 1. The van der Waals surface area contributed by atoms with Gasteiger partial charge < -0.3 is 0 Å². The van der Waals surface area contributed by atoms with Crippen molar-refractivity contribution in [2.75, 3.05) is 6.26 Å². The lowest BCUT2D eigenvalue weighted by Gasteiger charge is -1.95. The van der Waals surface area contributed by atoms with Gasteiger partial charge in [0.15, 0.2) is 5.01 Å². The van der Waals surface area contributed by atoms with Crippen LogP contribution in [0.5, 0.6) is 0 Å². The maximum atomic E-state index is 13.4. The van der Waals surface area contributed by atoms with Gasteiger partial charge in [0.1, 0.15) is 5.82 Å². The predicted molar refractivity (Wildman–Crippen MR) is 58.4 cm³/mol. The van der Waals surface area contributed by atoms with E-state index in [1.807, 2.05) is 0 Å². The molecule has 0 unspecified atom stereocenters. The van der Waals surface area contributed by atoms with E-state index in [1.165, 1.54) is 12.1 Å². The Bertz CT molecular complexity index is 622. The summed E-state index contributed by atoms with van der Waals surface area (Å²) in [5.41, 5.74) is 0.259. The Balaban J connectivity index is 2.52. The zero-order valence-corrected chi connectivity index (χ0v) is 9.85. The van der Waals surface area contributed by atoms with E-state index in [1.54, 1.807) is 12.1 Å². The molecule has 0 N–H and O–H groups in total. The zero-order chi connectivity index (χ0) is 11.8. The zero-order valence-electron chi connectivity index (χ0n) is 8.21. The number of hydrogen-bond donors (Lipinski definition) is 0. The van der Waals surface area contributed by atoms with Crippen molar-refractivity contribution in [3.63, 3.8) is 0 Å². The summed E-state index contributed by atoms with van der Waals surface area (Å²) in [6.07, 6.45) is 1.04. The van der Waals surface area contributed by atoms with Crippen molar-refractivity contribution >= 4 is 21.2 Å². The van der Waals surface area contributed by atoms with Gasteiger partial charge in [0.25, 0.3) is 0 Å². The maximum absolute atomic E-state index is 13.4. The Kier molecular flexibility index (Phi) is 2.73. The van der Waals surface area contributed by atoms with E-state index in [-0.39, 0.29) is 14.9 Å². The lowest BCUT2D eigenvalue weighted by atomic mass is 10.2. The lowest BCUT2D eigenvalue weighted by Crippen LogP contribution is -1.95. The highest BCUT2D eigenvalue weighted by atomic mass is 32.2. The van der Waals surface area contributed by atoms with Crippen LogP contribution in [0.4, 0.5) is 4.39 Å². The van der Waals surface area contributed by atoms with Gasteiger partial charge in [-0.1, -0.05) is 23.5 Å². The third-order valence-electron chi connectivity index (χ3n) is 1.83. The molecular weight excluding hydrogens is 251 g/mol. The van der Waals surface area contributed by atoms with E-state index < -0.39 is 15.7 Å². The molecule has 1 heterocycles. The Morgan fingerprint density at radius 1 is 1.25 bits per heavy atom. The molecule has 0 aliphatic heterocycles. The van der Waals surface area contributed by atoms with Crippen molar-refractivity contribution in [2.24, 2.45) is 0 Å². The van der Waals surface area contributed by atoms with Gasteiger partial charge >= 0.3 is 0 Å². The third kappa shape index (κ3) is 2.10. The van der Waals surface area contributed by atoms with Gasteiger partial charge in [0.05, 0.1) is 0 Å². The lowest BCUT2D eigenvalue weighted by molar-refractivity contribution is 0.600. The van der Waals surface area contributed by atoms with Crippen molar-refractivity contribution < 1.29 is 12.8 Å². The molecule has 0 saturated heterocycles. The first-order chi connectivity index (χ1) is 7.48. The van der Waals surface area contributed by atoms with E-state index in [2.05, 4.69) is 10.2 Å². The predicted octanol–water partition coefficient (Wildman–Crippen LogP) is 1.75. The maximum Gasteiger partial charge on any atom is 0.232 e. The standard InChI is InChI=1S/C9H7FN2O2S2/c1-16(13,14)9-12-11-8(15-9)6-4-2-3-5-7(6)10/h2-5H,1H3.